The van der Waals surface area contributed by atoms with Crippen molar-refractivity contribution in [2.24, 2.45) is 0 Å². The minimum atomic E-state index is -0.364. The van der Waals surface area contributed by atoms with Gasteiger partial charge < -0.3 is 14.6 Å². The molecule has 2 N–H and O–H groups in total. The Hall–Kier alpha value is -3.82. The summed E-state index contributed by atoms with van der Waals surface area (Å²) < 4.78 is 8.56. The zero-order valence-corrected chi connectivity index (χ0v) is 20.4. The molecule has 9 heteroatoms. The van der Waals surface area contributed by atoms with Crippen molar-refractivity contribution in [2.45, 2.75) is 19.9 Å². The Kier molecular flexibility index (Phi) is 6.92. The van der Waals surface area contributed by atoms with Gasteiger partial charge in [0.05, 0.1) is 24.2 Å². The predicted octanol–water partition coefficient (Wildman–Crippen LogP) is 1.74. The average Bonchev–Trinajstić information content (AvgIpc) is 2.90. The van der Waals surface area contributed by atoms with E-state index in [4.69, 9.17) is 15.1 Å². The van der Waals surface area contributed by atoms with Crippen LogP contribution < -0.4 is 16.4 Å². The maximum atomic E-state index is 13.5. The first kappa shape index (κ1) is 23.9. The standard InChI is InChI=1S/C27H30N6O3/c1-19-7-8-23-30-25-22(27(35)33(23)18-19)17-21(26(34)29-10-12-31-13-15-36-16-14-31)24(28)32(25)11-9-20-5-3-2-4-6-20/h2-8,17-18,28H,9-16H2,1H3,(H,29,34). The van der Waals surface area contributed by atoms with Crippen molar-refractivity contribution in [3.63, 3.8) is 0 Å². The SMILES string of the molecule is Cc1ccc2nc3c(cc(C(=O)NCCN4CCOCC4)c(=N)n3CCc3ccccc3)c(=O)n2c1. The zero-order chi connectivity index (χ0) is 25.1. The molecule has 0 saturated carbocycles. The van der Waals surface area contributed by atoms with Crippen LogP contribution in [-0.4, -0.2) is 64.2 Å². The Bertz CT molecular complexity index is 1520. The third kappa shape index (κ3) is 4.93. The van der Waals surface area contributed by atoms with Crippen molar-refractivity contribution in [1.82, 2.24) is 24.2 Å². The van der Waals surface area contributed by atoms with Gasteiger partial charge in [0.25, 0.3) is 11.5 Å². The van der Waals surface area contributed by atoms with Crippen LogP contribution in [0.3, 0.4) is 0 Å². The molecule has 1 aromatic carbocycles. The molecule has 3 aromatic heterocycles. The quantitative estimate of drug-likeness (QED) is 0.387. The molecule has 1 saturated heterocycles. The molecule has 4 aromatic rings. The Morgan fingerprint density at radius 1 is 1.11 bits per heavy atom. The lowest BCUT2D eigenvalue weighted by Crippen LogP contribution is -2.42. The van der Waals surface area contributed by atoms with E-state index in [9.17, 15) is 9.59 Å². The number of rotatable bonds is 7. The zero-order valence-electron chi connectivity index (χ0n) is 20.4. The first-order valence-corrected chi connectivity index (χ1v) is 12.2. The fourth-order valence-corrected chi connectivity index (χ4v) is 4.57. The number of amides is 1. The van der Waals surface area contributed by atoms with Crippen LogP contribution in [0.5, 0.6) is 0 Å². The number of carbonyl (C=O) groups is 1. The largest absolute Gasteiger partial charge is 0.379 e. The average molecular weight is 487 g/mol. The van der Waals surface area contributed by atoms with E-state index in [1.54, 1.807) is 16.8 Å². The Morgan fingerprint density at radius 2 is 1.89 bits per heavy atom. The third-order valence-corrected chi connectivity index (χ3v) is 6.58. The second-order valence-corrected chi connectivity index (χ2v) is 9.09. The second-order valence-electron chi connectivity index (χ2n) is 9.09. The molecule has 0 aliphatic carbocycles. The number of nitrogens with one attached hydrogen (secondary N) is 2. The maximum absolute atomic E-state index is 13.5. The van der Waals surface area contributed by atoms with Gasteiger partial charge in [-0.1, -0.05) is 36.4 Å². The summed E-state index contributed by atoms with van der Waals surface area (Å²) in [5.74, 6) is -0.364. The molecule has 0 bridgehead atoms. The van der Waals surface area contributed by atoms with Gasteiger partial charge in [0, 0.05) is 38.9 Å². The number of carbonyl (C=O) groups excluding carboxylic acids is 1. The van der Waals surface area contributed by atoms with E-state index in [0.29, 0.717) is 55.9 Å². The lowest BCUT2D eigenvalue weighted by Gasteiger charge is -2.26. The minimum Gasteiger partial charge on any atom is -0.379 e. The molecule has 4 heterocycles. The van der Waals surface area contributed by atoms with Gasteiger partial charge in [0.2, 0.25) is 0 Å². The van der Waals surface area contributed by atoms with Crippen molar-refractivity contribution >= 4 is 22.6 Å². The number of hydrogen-bond acceptors (Lipinski definition) is 6. The van der Waals surface area contributed by atoms with E-state index in [1.807, 2.05) is 43.3 Å². The molecule has 1 fully saturated rings. The lowest BCUT2D eigenvalue weighted by atomic mass is 10.1. The summed E-state index contributed by atoms with van der Waals surface area (Å²) >= 11 is 0. The van der Waals surface area contributed by atoms with Crippen molar-refractivity contribution in [1.29, 1.82) is 5.41 Å². The molecule has 1 amide bonds. The molecule has 0 radical (unpaired) electrons. The van der Waals surface area contributed by atoms with Gasteiger partial charge in [-0.3, -0.25) is 24.3 Å². The summed E-state index contributed by atoms with van der Waals surface area (Å²) in [7, 11) is 0. The number of benzene rings is 1. The summed E-state index contributed by atoms with van der Waals surface area (Å²) in [6, 6.07) is 15.2. The highest BCUT2D eigenvalue weighted by molar-refractivity contribution is 5.96. The topological polar surface area (TPSA) is 105 Å². The fourth-order valence-electron chi connectivity index (χ4n) is 4.57. The molecule has 9 nitrogen and oxygen atoms in total. The smallest absolute Gasteiger partial charge is 0.267 e. The maximum Gasteiger partial charge on any atom is 0.267 e. The van der Waals surface area contributed by atoms with E-state index in [-0.39, 0.29) is 22.5 Å². The van der Waals surface area contributed by atoms with Crippen LogP contribution in [0.4, 0.5) is 0 Å². The number of pyridine rings is 2. The summed E-state index contributed by atoms with van der Waals surface area (Å²) in [5.41, 5.74) is 2.92. The number of morpholine rings is 1. The number of aromatic nitrogens is 3. The minimum absolute atomic E-state index is 0.0469. The molecule has 1 aliphatic rings. The van der Waals surface area contributed by atoms with Crippen LogP contribution in [-0.2, 0) is 17.7 Å². The van der Waals surface area contributed by atoms with Crippen molar-refractivity contribution in [3.8, 4) is 0 Å². The Morgan fingerprint density at radius 3 is 2.67 bits per heavy atom. The molecule has 1 aliphatic heterocycles. The summed E-state index contributed by atoms with van der Waals surface area (Å²) in [4.78, 5) is 33.6. The van der Waals surface area contributed by atoms with Crippen molar-refractivity contribution in [3.05, 3.63) is 87.3 Å². The van der Waals surface area contributed by atoms with Gasteiger partial charge in [0.15, 0.2) is 0 Å². The van der Waals surface area contributed by atoms with E-state index >= 15 is 0 Å². The van der Waals surface area contributed by atoms with Crippen molar-refractivity contribution in [2.75, 3.05) is 39.4 Å². The molecule has 186 valence electrons. The predicted molar refractivity (Wildman–Crippen MR) is 137 cm³/mol. The number of nitrogens with zero attached hydrogens (tertiary/aromatic N) is 4. The summed E-state index contributed by atoms with van der Waals surface area (Å²) in [5, 5.41) is 12.1. The molecular formula is C27H30N6O3. The van der Waals surface area contributed by atoms with Crippen LogP contribution in [0.15, 0.2) is 59.5 Å². The van der Waals surface area contributed by atoms with Crippen molar-refractivity contribution < 1.29 is 9.53 Å². The lowest BCUT2D eigenvalue weighted by molar-refractivity contribution is 0.0383. The highest BCUT2D eigenvalue weighted by Gasteiger charge is 2.18. The Labute approximate surface area is 208 Å². The van der Waals surface area contributed by atoms with Gasteiger partial charge in [-0.05, 0) is 36.6 Å². The van der Waals surface area contributed by atoms with Crippen LogP contribution in [0.2, 0.25) is 0 Å². The molecule has 0 atom stereocenters. The van der Waals surface area contributed by atoms with E-state index < -0.39 is 0 Å². The summed E-state index contributed by atoms with van der Waals surface area (Å²) in [6.07, 6.45) is 2.39. The highest BCUT2D eigenvalue weighted by Crippen LogP contribution is 2.12. The Balaban J connectivity index is 1.53. The van der Waals surface area contributed by atoms with E-state index in [2.05, 4.69) is 10.2 Å². The van der Waals surface area contributed by atoms with Gasteiger partial charge in [-0.15, -0.1) is 0 Å². The first-order chi connectivity index (χ1) is 17.5. The molecule has 0 unspecified atom stereocenters. The third-order valence-electron chi connectivity index (χ3n) is 6.58. The summed E-state index contributed by atoms with van der Waals surface area (Å²) in [6.45, 7) is 6.56. The molecule has 36 heavy (non-hydrogen) atoms. The van der Waals surface area contributed by atoms with Crippen LogP contribution in [0.1, 0.15) is 21.5 Å². The van der Waals surface area contributed by atoms with Gasteiger partial charge in [-0.2, -0.15) is 0 Å². The number of fused-ring (bicyclic) bond motifs is 2. The molecule has 0 spiro atoms. The monoisotopic (exact) mass is 486 g/mol. The van der Waals surface area contributed by atoms with Crippen LogP contribution >= 0.6 is 0 Å². The normalized spacial score (nSPS) is 14.4. The fraction of sp³-hybridized carbons (Fsp3) is 0.333. The molecule has 5 rings (SSSR count). The molecular weight excluding hydrogens is 456 g/mol. The highest BCUT2D eigenvalue weighted by atomic mass is 16.5. The first-order valence-electron chi connectivity index (χ1n) is 12.2. The van der Waals surface area contributed by atoms with Gasteiger partial charge in [-0.25, -0.2) is 4.98 Å². The van der Waals surface area contributed by atoms with E-state index in [0.717, 1.165) is 24.2 Å². The van der Waals surface area contributed by atoms with Crippen LogP contribution in [0, 0.1) is 12.3 Å². The second kappa shape index (κ2) is 10.4. The van der Waals surface area contributed by atoms with Crippen LogP contribution in [0.25, 0.3) is 16.7 Å². The van der Waals surface area contributed by atoms with Gasteiger partial charge >= 0.3 is 0 Å². The number of ether oxygens (including phenoxy) is 1. The number of aryl methyl sites for hydroxylation is 3. The van der Waals surface area contributed by atoms with E-state index in [1.165, 1.54) is 10.5 Å². The van der Waals surface area contributed by atoms with Gasteiger partial charge in [0.1, 0.15) is 16.8 Å². The number of hydrogen-bond donors (Lipinski definition) is 2.